The highest BCUT2D eigenvalue weighted by atomic mass is 32.2. The fraction of sp³-hybridized carbons (Fsp3) is 0.615. The first kappa shape index (κ1) is 16.0. The molecule has 1 fully saturated rings. The van der Waals surface area contributed by atoms with Crippen LogP contribution in [0.15, 0.2) is 4.90 Å². The zero-order valence-corrected chi connectivity index (χ0v) is 13.1. The molecular formula is C13H20N2O5S. The van der Waals surface area contributed by atoms with E-state index in [4.69, 9.17) is 9.84 Å². The Morgan fingerprint density at radius 2 is 2.14 bits per heavy atom. The monoisotopic (exact) mass is 316 g/mol. The predicted octanol–water partition coefficient (Wildman–Crippen LogP) is 1.18. The maximum absolute atomic E-state index is 12.4. The lowest BCUT2D eigenvalue weighted by Gasteiger charge is -2.23. The van der Waals surface area contributed by atoms with E-state index >= 15 is 0 Å². The van der Waals surface area contributed by atoms with Crippen LogP contribution in [0.3, 0.4) is 0 Å². The lowest BCUT2D eigenvalue weighted by molar-refractivity contribution is 0.0250. The Morgan fingerprint density at radius 1 is 1.48 bits per heavy atom. The Hall–Kier alpha value is -1.38. The number of carboxylic acid groups (broad SMARTS) is 1. The molecule has 21 heavy (non-hydrogen) atoms. The lowest BCUT2D eigenvalue weighted by atomic mass is 10.0. The molecule has 3 N–H and O–H groups in total. The molecule has 2 rings (SSSR count). The number of nitrogens with one attached hydrogen (secondary N) is 2. The van der Waals surface area contributed by atoms with Crippen LogP contribution in [0.2, 0.25) is 0 Å². The number of carbonyl (C=O) groups is 1. The van der Waals surface area contributed by atoms with Gasteiger partial charge >= 0.3 is 5.97 Å². The SMILES string of the molecule is Cc1[nH]c(C(=O)O)c(C)c1S(=O)(=O)NCC1(C)CCCO1. The second-order valence-electron chi connectivity index (χ2n) is 5.61. The summed E-state index contributed by atoms with van der Waals surface area (Å²) in [6.07, 6.45) is 1.70. The Labute approximate surface area is 123 Å². The zero-order valence-electron chi connectivity index (χ0n) is 12.3. The van der Waals surface area contributed by atoms with Crippen LogP contribution in [0.4, 0.5) is 0 Å². The molecule has 2 heterocycles. The van der Waals surface area contributed by atoms with Crippen molar-refractivity contribution >= 4 is 16.0 Å². The highest BCUT2D eigenvalue weighted by Gasteiger charge is 2.33. The first-order chi connectivity index (χ1) is 9.66. The Bertz CT molecular complexity index is 656. The van der Waals surface area contributed by atoms with Gasteiger partial charge in [0.05, 0.1) is 5.60 Å². The summed E-state index contributed by atoms with van der Waals surface area (Å²) in [5, 5.41) is 9.05. The van der Waals surface area contributed by atoms with Crippen molar-refractivity contribution in [2.24, 2.45) is 0 Å². The largest absolute Gasteiger partial charge is 0.477 e. The third-order valence-electron chi connectivity index (χ3n) is 3.79. The third-order valence-corrected chi connectivity index (χ3v) is 5.46. The summed E-state index contributed by atoms with van der Waals surface area (Å²) in [5.41, 5.74) is -0.0723. The number of hydrogen-bond acceptors (Lipinski definition) is 4. The van der Waals surface area contributed by atoms with E-state index in [1.54, 1.807) is 6.92 Å². The van der Waals surface area contributed by atoms with Crippen molar-refractivity contribution in [3.8, 4) is 0 Å². The van der Waals surface area contributed by atoms with Gasteiger partial charge < -0.3 is 14.8 Å². The van der Waals surface area contributed by atoms with Gasteiger partial charge in [-0.15, -0.1) is 0 Å². The molecule has 0 radical (unpaired) electrons. The average Bonchev–Trinajstić information content (AvgIpc) is 2.92. The van der Waals surface area contributed by atoms with E-state index in [2.05, 4.69) is 9.71 Å². The van der Waals surface area contributed by atoms with Gasteiger partial charge in [-0.25, -0.2) is 17.9 Å². The molecule has 118 valence electrons. The highest BCUT2D eigenvalue weighted by Crippen LogP contribution is 2.26. The van der Waals surface area contributed by atoms with Gasteiger partial charge in [0.2, 0.25) is 10.0 Å². The molecule has 0 aromatic carbocycles. The highest BCUT2D eigenvalue weighted by molar-refractivity contribution is 7.89. The molecule has 1 saturated heterocycles. The summed E-state index contributed by atoms with van der Waals surface area (Å²) in [5.74, 6) is -1.18. The molecule has 0 saturated carbocycles. The van der Waals surface area contributed by atoms with Crippen molar-refractivity contribution < 1.29 is 23.1 Å². The van der Waals surface area contributed by atoms with Gasteiger partial charge in [0.25, 0.3) is 0 Å². The second-order valence-corrected chi connectivity index (χ2v) is 7.31. The normalized spacial score (nSPS) is 22.6. The molecule has 0 spiro atoms. The van der Waals surface area contributed by atoms with E-state index in [0.29, 0.717) is 12.3 Å². The van der Waals surface area contributed by atoms with Crippen LogP contribution in [0.1, 0.15) is 41.5 Å². The number of aryl methyl sites for hydroxylation is 1. The summed E-state index contributed by atoms with van der Waals surface area (Å²) in [6, 6.07) is 0. The van der Waals surface area contributed by atoms with E-state index in [1.807, 2.05) is 6.92 Å². The van der Waals surface area contributed by atoms with Crippen molar-refractivity contribution in [3.63, 3.8) is 0 Å². The molecule has 1 aromatic rings. The minimum absolute atomic E-state index is 0.00139. The molecule has 0 bridgehead atoms. The maximum atomic E-state index is 12.4. The van der Waals surface area contributed by atoms with Gasteiger partial charge in [0.1, 0.15) is 10.6 Å². The van der Waals surface area contributed by atoms with E-state index < -0.39 is 21.6 Å². The van der Waals surface area contributed by atoms with Gasteiger partial charge in [-0.1, -0.05) is 0 Å². The van der Waals surface area contributed by atoms with Crippen LogP contribution >= 0.6 is 0 Å². The standard InChI is InChI=1S/C13H20N2O5S/c1-8-10(12(16)17)15-9(2)11(8)21(18,19)14-7-13(3)5-4-6-20-13/h14-15H,4-7H2,1-3H3,(H,16,17). The molecule has 0 aliphatic carbocycles. The molecule has 1 aromatic heterocycles. The van der Waals surface area contributed by atoms with Gasteiger partial charge in [-0.3, -0.25) is 0 Å². The van der Waals surface area contributed by atoms with Crippen molar-refractivity contribution in [1.82, 2.24) is 9.71 Å². The Kier molecular flexibility index (Phi) is 4.14. The molecule has 1 aliphatic heterocycles. The summed E-state index contributed by atoms with van der Waals surface area (Å²) in [4.78, 5) is 13.7. The van der Waals surface area contributed by atoms with Crippen molar-refractivity contribution in [2.45, 2.75) is 44.1 Å². The van der Waals surface area contributed by atoms with E-state index in [9.17, 15) is 13.2 Å². The molecule has 1 aliphatic rings. The molecule has 0 amide bonds. The number of aromatic nitrogens is 1. The minimum atomic E-state index is -3.78. The van der Waals surface area contributed by atoms with E-state index in [0.717, 1.165) is 12.8 Å². The van der Waals surface area contributed by atoms with Crippen LogP contribution in [0, 0.1) is 13.8 Å². The van der Waals surface area contributed by atoms with E-state index in [-0.39, 0.29) is 22.7 Å². The lowest BCUT2D eigenvalue weighted by Crippen LogP contribution is -2.40. The summed E-state index contributed by atoms with van der Waals surface area (Å²) in [6.45, 7) is 5.69. The number of carboxylic acids is 1. The van der Waals surface area contributed by atoms with Crippen LogP contribution in [0.25, 0.3) is 0 Å². The van der Waals surface area contributed by atoms with Gasteiger partial charge in [-0.05, 0) is 33.6 Å². The Morgan fingerprint density at radius 3 is 2.62 bits per heavy atom. The Balaban J connectivity index is 2.26. The number of rotatable bonds is 5. The number of aromatic carboxylic acids is 1. The van der Waals surface area contributed by atoms with Crippen LogP contribution in [0.5, 0.6) is 0 Å². The third kappa shape index (κ3) is 3.12. The molecule has 8 heteroatoms. The number of hydrogen-bond donors (Lipinski definition) is 3. The van der Waals surface area contributed by atoms with Gasteiger partial charge in [-0.2, -0.15) is 0 Å². The first-order valence-corrected chi connectivity index (χ1v) is 8.21. The van der Waals surface area contributed by atoms with Gasteiger partial charge in [0, 0.05) is 24.4 Å². The molecular weight excluding hydrogens is 296 g/mol. The van der Waals surface area contributed by atoms with Gasteiger partial charge in [0.15, 0.2) is 0 Å². The second kappa shape index (κ2) is 5.43. The molecule has 1 atom stereocenters. The van der Waals surface area contributed by atoms with Crippen molar-refractivity contribution in [3.05, 3.63) is 17.0 Å². The number of H-pyrrole nitrogens is 1. The summed E-state index contributed by atoms with van der Waals surface area (Å²) >= 11 is 0. The van der Waals surface area contributed by atoms with Crippen LogP contribution in [-0.2, 0) is 14.8 Å². The first-order valence-electron chi connectivity index (χ1n) is 6.72. The summed E-state index contributed by atoms with van der Waals surface area (Å²) < 4.78 is 32.9. The fourth-order valence-corrected chi connectivity index (χ4v) is 4.24. The number of sulfonamides is 1. The maximum Gasteiger partial charge on any atom is 0.352 e. The average molecular weight is 316 g/mol. The number of ether oxygens (including phenoxy) is 1. The zero-order chi connectivity index (χ0) is 15.8. The van der Waals surface area contributed by atoms with E-state index in [1.165, 1.54) is 6.92 Å². The smallest absolute Gasteiger partial charge is 0.352 e. The number of aromatic amines is 1. The topological polar surface area (TPSA) is 108 Å². The molecule has 7 nitrogen and oxygen atoms in total. The van der Waals surface area contributed by atoms with Crippen molar-refractivity contribution in [1.29, 1.82) is 0 Å². The predicted molar refractivity (Wildman–Crippen MR) is 76.0 cm³/mol. The minimum Gasteiger partial charge on any atom is -0.477 e. The quantitative estimate of drug-likeness (QED) is 0.756. The summed E-state index contributed by atoms with van der Waals surface area (Å²) in [7, 11) is -3.78. The molecule has 1 unspecified atom stereocenters. The van der Waals surface area contributed by atoms with Crippen LogP contribution in [-0.4, -0.2) is 43.2 Å². The van der Waals surface area contributed by atoms with Crippen LogP contribution < -0.4 is 4.72 Å². The van der Waals surface area contributed by atoms with Crippen molar-refractivity contribution in [2.75, 3.05) is 13.2 Å². The fourth-order valence-electron chi connectivity index (χ4n) is 2.65.